The van der Waals surface area contributed by atoms with Crippen LogP contribution in [0.3, 0.4) is 0 Å². The van der Waals surface area contributed by atoms with Crippen LogP contribution in [0.15, 0.2) is 90.5 Å². The number of hydrogen-bond acceptors (Lipinski definition) is 3. The summed E-state index contributed by atoms with van der Waals surface area (Å²) < 4.78 is 0. The van der Waals surface area contributed by atoms with E-state index >= 15 is 0 Å². The molecule has 0 unspecified atom stereocenters. The minimum Gasteiger partial charge on any atom is -0.507 e. The molecule has 3 aromatic carbocycles. The third kappa shape index (κ3) is 5.82. The maximum atomic E-state index is 13.1. The van der Waals surface area contributed by atoms with Gasteiger partial charge in [-0.15, -0.1) is 0 Å². The Balaban J connectivity index is 1.86. The van der Waals surface area contributed by atoms with E-state index in [-0.39, 0.29) is 23.4 Å². The Labute approximate surface area is 182 Å². The van der Waals surface area contributed by atoms with Crippen molar-refractivity contribution >= 4 is 17.9 Å². The normalized spacial score (nSPS) is 12.3. The SMILES string of the molecule is C[C@@H](NC(=O)C(=Cc1ccccc1O)C(=O)N[C@H](C)c1ccccc1)c1ccccc1. The van der Waals surface area contributed by atoms with Gasteiger partial charge >= 0.3 is 0 Å². The van der Waals surface area contributed by atoms with Crippen LogP contribution in [0.1, 0.15) is 42.6 Å². The predicted octanol–water partition coefficient (Wildman–Crippen LogP) is 4.53. The average Bonchev–Trinajstić information content (AvgIpc) is 2.79. The van der Waals surface area contributed by atoms with Crippen LogP contribution in [0.5, 0.6) is 5.75 Å². The minimum atomic E-state index is -0.516. The van der Waals surface area contributed by atoms with Crippen LogP contribution in [0.25, 0.3) is 6.08 Å². The number of phenolic OH excluding ortho intramolecular Hbond substituents is 1. The minimum absolute atomic E-state index is 0.00665. The fraction of sp³-hybridized carbons (Fsp3) is 0.154. The molecule has 2 atom stereocenters. The molecule has 2 amide bonds. The van der Waals surface area contributed by atoms with Gasteiger partial charge in [0, 0.05) is 5.56 Å². The van der Waals surface area contributed by atoms with Crippen molar-refractivity contribution in [1.82, 2.24) is 10.6 Å². The first-order chi connectivity index (χ1) is 15.0. The highest BCUT2D eigenvalue weighted by Crippen LogP contribution is 2.21. The molecule has 0 spiro atoms. The number of para-hydroxylation sites is 1. The van der Waals surface area contributed by atoms with E-state index in [9.17, 15) is 14.7 Å². The molecule has 0 saturated carbocycles. The zero-order valence-electron chi connectivity index (χ0n) is 17.6. The quantitative estimate of drug-likeness (QED) is 0.302. The highest BCUT2D eigenvalue weighted by molar-refractivity contribution is 6.22. The van der Waals surface area contributed by atoms with Gasteiger partial charge in [0.25, 0.3) is 11.8 Å². The summed E-state index contributed by atoms with van der Waals surface area (Å²) in [7, 11) is 0. The number of phenols is 1. The highest BCUT2D eigenvalue weighted by Gasteiger charge is 2.22. The van der Waals surface area contributed by atoms with E-state index < -0.39 is 11.8 Å². The molecule has 0 fully saturated rings. The molecule has 0 saturated heterocycles. The zero-order valence-corrected chi connectivity index (χ0v) is 17.6. The van der Waals surface area contributed by atoms with Gasteiger partial charge in [0.1, 0.15) is 11.3 Å². The van der Waals surface area contributed by atoms with Crippen molar-refractivity contribution in [3.8, 4) is 5.75 Å². The Bertz CT molecular complexity index is 1000. The molecule has 0 aromatic heterocycles. The summed E-state index contributed by atoms with van der Waals surface area (Å²) in [6.45, 7) is 3.71. The van der Waals surface area contributed by atoms with Crippen molar-refractivity contribution in [2.75, 3.05) is 0 Å². The molecule has 3 aromatic rings. The summed E-state index contributed by atoms with van der Waals surface area (Å²) >= 11 is 0. The average molecular weight is 415 g/mol. The summed E-state index contributed by atoms with van der Waals surface area (Å²) in [5, 5.41) is 15.9. The first kappa shape index (κ1) is 21.8. The molecule has 0 aliphatic heterocycles. The van der Waals surface area contributed by atoms with Crippen molar-refractivity contribution in [2.45, 2.75) is 25.9 Å². The second-order valence-corrected chi connectivity index (χ2v) is 7.33. The number of amides is 2. The highest BCUT2D eigenvalue weighted by atomic mass is 16.3. The third-order valence-corrected chi connectivity index (χ3v) is 5.02. The van der Waals surface area contributed by atoms with Gasteiger partial charge in [-0.1, -0.05) is 78.9 Å². The first-order valence-electron chi connectivity index (χ1n) is 10.2. The van der Waals surface area contributed by atoms with Crippen molar-refractivity contribution in [1.29, 1.82) is 0 Å². The van der Waals surface area contributed by atoms with Crippen LogP contribution in [-0.4, -0.2) is 16.9 Å². The lowest BCUT2D eigenvalue weighted by molar-refractivity contribution is -0.124. The molecule has 158 valence electrons. The molecule has 3 rings (SSSR count). The van der Waals surface area contributed by atoms with Gasteiger partial charge in [-0.2, -0.15) is 0 Å². The van der Waals surface area contributed by atoms with Crippen molar-refractivity contribution in [2.24, 2.45) is 0 Å². The van der Waals surface area contributed by atoms with Gasteiger partial charge in [0.2, 0.25) is 0 Å². The molecule has 31 heavy (non-hydrogen) atoms. The first-order valence-corrected chi connectivity index (χ1v) is 10.2. The van der Waals surface area contributed by atoms with Crippen LogP contribution < -0.4 is 10.6 Å². The van der Waals surface area contributed by atoms with Crippen molar-refractivity contribution in [3.05, 3.63) is 107 Å². The van der Waals surface area contributed by atoms with Gasteiger partial charge in [-0.25, -0.2) is 0 Å². The van der Waals surface area contributed by atoms with Crippen LogP contribution in [-0.2, 0) is 9.59 Å². The van der Waals surface area contributed by atoms with Crippen molar-refractivity contribution in [3.63, 3.8) is 0 Å². The Kier molecular flexibility index (Phi) is 7.22. The molecule has 5 nitrogen and oxygen atoms in total. The summed E-state index contributed by atoms with van der Waals surface area (Å²) in [6.07, 6.45) is 1.41. The maximum Gasteiger partial charge on any atom is 0.257 e. The smallest absolute Gasteiger partial charge is 0.257 e. The van der Waals surface area contributed by atoms with E-state index in [2.05, 4.69) is 10.6 Å². The van der Waals surface area contributed by atoms with Crippen LogP contribution in [0.2, 0.25) is 0 Å². The Morgan fingerprint density at radius 1 is 0.710 bits per heavy atom. The van der Waals surface area contributed by atoms with E-state index in [0.29, 0.717) is 5.56 Å². The number of carbonyl (C=O) groups is 2. The zero-order chi connectivity index (χ0) is 22.2. The van der Waals surface area contributed by atoms with E-state index in [1.807, 2.05) is 74.5 Å². The van der Waals surface area contributed by atoms with Crippen LogP contribution in [0.4, 0.5) is 0 Å². The number of nitrogens with one attached hydrogen (secondary N) is 2. The summed E-state index contributed by atoms with van der Waals surface area (Å²) in [4.78, 5) is 26.2. The van der Waals surface area contributed by atoms with Crippen molar-refractivity contribution < 1.29 is 14.7 Å². The molecule has 3 N–H and O–H groups in total. The molecule has 0 radical (unpaired) electrons. The summed E-state index contributed by atoms with van der Waals surface area (Å²) in [6, 6.07) is 25.0. The lowest BCUT2D eigenvalue weighted by Gasteiger charge is -2.18. The third-order valence-electron chi connectivity index (χ3n) is 5.02. The maximum absolute atomic E-state index is 13.1. The Morgan fingerprint density at radius 3 is 1.58 bits per heavy atom. The number of rotatable bonds is 7. The molecular formula is C26H26N2O3. The number of aromatic hydroxyl groups is 1. The monoisotopic (exact) mass is 414 g/mol. The molecule has 0 heterocycles. The molecule has 0 aliphatic rings. The van der Waals surface area contributed by atoms with Gasteiger partial charge in [0.15, 0.2) is 0 Å². The summed E-state index contributed by atoms with van der Waals surface area (Å²) in [5.41, 5.74) is 2.17. The Morgan fingerprint density at radius 2 is 1.13 bits per heavy atom. The van der Waals surface area contributed by atoms with E-state index in [1.54, 1.807) is 18.2 Å². The van der Waals surface area contributed by atoms with E-state index in [1.165, 1.54) is 12.1 Å². The van der Waals surface area contributed by atoms with Gasteiger partial charge in [-0.3, -0.25) is 9.59 Å². The molecular weight excluding hydrogens is 388 g/mol. The van der Waals surface area contributed by atoms with E-state index in [0.717, 1.165) is 11.1 Å². The topological polar surface area (TPSA) is 78.4 Å². The van der Waals surface area contributed by atoms with Crippen LogP contribution in [0, 0.1) is 0 Å². The second kappa shape index (κ2) is 10.3. The largest absolute Gasteiger partial charge is 0.507 e. The standard InChI is InChI=1S/C26H26N2O3/c1-18(20-11-5-3-6-12-20)27-25(30)23(17-22-15-9-10-16-24(22)29)26(31)28-19(2)21-13-7-4-8-14-21/h3-19,29H,1-2H3,(H,27,30)(H,28,31)/t18-,19-/m1/s1. The van der Waals surface area contributed by atoms with Gasteiger partial charge in [0.05, 0.1) is 12.1 Å². The molecule has 5 heteroatoms. The predicted molar refractivity (Wildman–Crippen MR) is 122 cm³/mol. The molecule has 0 aliphatic carbocycles. The lowest BCUT2D eigenvalue weighted by atomic mass is 10.0. The second-order valence-electron chi connectivity index (χ2n) is 7.33. The van der Waals surface area contributed by atoms with Gasteiger partial charge in [-0.05, 0) is 37.1 Å². The number of hydrogen-bond donors (Lipinski definition) is 3. The Hall–Kier alpha value is -3.86. The van der Waals surface area contributed by atoms with Gasteiger partial charge < -0.3 is 15.7 Å². The lowest BCUT2D eigenvalue weighted by Crippen LogP contribution is -2.36. The fourth-order valence-electron chi connectivity index (χ4n) is 3.20. The number of benzene rings is 3. The van der Waals surface area contributed by atoms with E-state index in [4.69, 9.17) is 0 Å². The molecule has 0 bridgehead atoms. The summed E-state index contributed by atoms with van der Waals surface area (Å²) in [5.74, 6) is -1.04. The fourth-order valence-corrected chi connectivity index (χ4v) is 3.20. The van der Waals surface area contributed by atoms with Crippen LogP contribution >= 0.6 is 0 Å². The number of carbonyl (C=O) groups excluding carboxylic acids is 2.